The Morgan fingerprint density at radius 1 is 1.44 bits per heavy atom. The van der Waals surface area contributed by atoms with Crippen LogP contribution in [0.3, 0.4) is 0 Å². The Bertz CT molecular complexity index is 223. The maximum atomic E-state index is 5.91. The van der Waals surface area contributed by atoms with Gasteiger partial charge in [-0.1, -0.05) is 13.8 Å². The molecule has 0 saturated carbocycles. The zero-order chi connectivity index (χ0) is 12.2. The number of thioether (sulfide) groups is 1. The van der Waals surface area contributed by atoms with Gasteiger partial charge in [-0.25, -0.2) is 0 Å². The molecule has 1 unspecified atom stereocenters. The van der Waals surface area contributed by atoms with Crippen molar-refractivity contribution in [3.05, 3.63) is 0 Å². The van der Waals surface area contributed by atoms with Crippen molar-refractivity contribution in [2.45, 2.75) is 37.5 Å². The molecular formula is C12H26N2OS. The van der Waals surface area contributed by atoms with E-state index in [4.69, 9.17) is 10.5 Å². The van der Waals surface area contributed by atoms with Gasteiger partial charge < -0.3 is 10.5 Å². The van der Waals surface area contributed by atoms with Crippen LogP contribution in [-0.4, -0.2) is 54.3 Å². The number of hydrogen-bond acceptors (Lipinski definition) is 4. The zero-order valence-corrected chi connectivity index (χ0v) is 11.9. The van der Waals surface area contributed by atoms with E-state index in [0.717, 1.165) is 13.1 Å². The summed E-state index contributed by atoms with van der Waals surface area (Å²) in [6.07, 6.45) is 1.22. The number of methoxy groups -OCH3 is 1. The van der Waals surface area contributed by atoms with E-state index in [0.29, 0.717) is 17.9 Å². The quantitative estimate of drug-likeness (QED) is 0.817. The van der Waals surface area contributed by atoms with Crippen LogP contribution in [0.5, 0.6) is 0 Å². The lowest BCUT2D eigenvalue weighted by Gasteiger charge is -2.39. The van der Waals surface area contributed by atoms with Gasteiger partial charge in [-0.3, -0.25) is 4.90 Å². The monoisotopic (exact) mass is 246 g/mol. The molecule has 1 heterocycles. The molecule has 1 aliphatic heterocycles. The second kappa shape index (κ2) is 5.71. The first-order valence-corrected chi connectivity index (χ1v) is 7.00. The number of nitrogens with two attached hydrogens (primary N) is 1. The van der Waals surface area contributed by atoms with Gasteiger partial charge in [0.25, 0.3) is 0 Å². The molecule has 16 heavy (non-hydrogen) atoms. The first-order chi connectivity index (χ1) is 7.43. The van der Waals surface area contributed by atoms with E-state index >= 15 is 0 Å². The average Bonchev–Trinajstić information content (AvgIpc) is 2.40. The summed E-state index contributed by atoms with van der Waals surface area (Å²) in [5.41, 5.74) is 5.91. The summed E-state index contributed by atoms with van der Waals surface area (Å²) in [5.74, 6) is 1.19. The van der Waals surface area contributed by atoms with Gasteiger partial charge in [0.1, 0.15) is 0 Å². The van der Waals surface area contributed by atoms with Gasteiger partial charge in [-0.15, -0.1) is 0 Å². The summed E-state index contributed by atoms with van der Waals surface area (Å²) in [4.78, 5) is 2.50. The largest absolute Gasteiger partial charge is 0.383 e. The minimum atomic E-state index is -0.00424. The van der Waals surface area contributed by atoms with Gasteiger partial charge in [0.05, 0.1) is 12.1 Å². The van der Waals surface area contributed by atoms with Crippen LogP contribution in [0.25, 0.3) is 0 Å². The van der Waals surface area contributed by atoms with Gasteiger partial charge in [0, 0.05) is 37.2 Å². The second-order valence-electron chi connectivity index (χ2n) is 5.48. The number of rotatable bonds is 4. The highest BCUT2D eigenvalue weighted by Crippen LogP contribution is 2.32. The molecule has 1 rings (SSSR count). The minimum Gasteiger partial charge on any atom is -0.383 e. The lowest BCUT2D eigenvalue weighted by molar-refractivity contribution is 0.0303. The van der Waals surface area contributed by atoms with Crippen molar-refractivity contribution in [1.29, 1.82) is 0 Å². The highest BCUT2D eigenvalue weighted by Gasteiger charge is 2.34. The molecule has 1 aliphatic rings. The van der Waals surface area contributed by atoms with E-state index in [2.05, 4.69) is 37.4 Å². The van der Waals surface area contributed by atoms with Gasteiger partial charge >= 0.3 is 0 Å². The fourth-order valence-corrected chi connectivity index (χ4v) is 3.25. The highest BCUT2D eigenvalue weighted by atomic mass is 32.2. The van der Waals surface area contributed by atoms with Crippen LogP contribution in [0.15, 0.2) is 0 Å². The Balaban J connectivity index is 2.65. The first-order valence-electron chi connectivity index (χ1n) is 6.01. The van der Waals surface area contributed by atoms with Crippen LogP contribution in [0, 0.1) is 0 Å². The van der Waals surface area contributed by atoms with Gasteiger partial charge in [-0.05, 0) is 13.3 Å². The molecule has 96 valence electrons. The van der Waals surface area contributed by atoms with E-state index in [-0.39, 0.29) is 5.54 Å². The molecule has 0 aromatic heterocycles. The van der Waals surface area contributed by atoms with Crippen LogP contribution in [0.1, 0.15) is 27.2 Å². The van der Waals surface area contributed by atoms with Gasteiger partial charge in [0.2, 0.25) is 0 Å². The number of hydrogen-bond donors (Lipinski definition) is 1. The predicted octanol–water partition coefficient (Wildman–Crippen LogP) is 1.57. The lowest BCUT2D eigenvalue weighted by Crippen LogP contribution is -2.55. The molecule has 0 aromatic carbocycles. The van der Waals surface area contributed by atoms with E-state index in [9.17, 15) is 0 Å². The Morgan fingerprint density at radius 2 is 2.12 bits per heavy atom. The normalized spacial score (nSPS) is 26.1. The molecule has 0 bridgehead atoms. The number of nitrogens with zero attached hydrogens (tertiary/aromatic N) is 1. The molecule has 1 fully saturated rings. The molecule has 1 atom stereocenters. The Hall–Kier alpha value is 0.230. The van der Waals surface area contributed by atoms with Crippen LogP contribution >= 0.6 is 11.8 Å². The standard InChI is InChI=1S/C12H26N2OS/c1-11(2)5-6-14(7-8-16-11)12(3,9-13)10-15-4/h5-10,13H2,1-4H3. The van der Waals surface area contributed by atoms with Gasteiger partial charge in [0.15, 0.2) is 0 Å². The fraction of sp³-hybridized carbons (Fsp3) is 1.00. The Morgan fingerprint density at radius 3 is 2.69 bits per heavy atom. The van der Waals surface area contributed by atoms with Crippen LogP contribution in [-0.2, 0) is 4.74 Å². The fourth-order valence-electron chi connectivity index (χ4n) is 2.15. The maximum absolute atomic E-state index is 5.91. The summed E-state index contributed by atoms with van der Waals surface area (Å²) in [7, 11) is 1.75. The smallest absolute Gasteiger partial charge is 0.0656 e. The Labute approximate surface area is 104 Å². The van der Waals surface area contributed by atoms with Crippen molar-refractivity contribution in [3.8, 4) is 0 Å². The minimum absolute atomic E-state index is 0.00424. The molecule has 4 heteroatoms. The van der Waals surface area contributed by atoms with Crippen molar-refractivity contribution < 1.29 is 4.74 Å². The van der Waals surface area contributed by atoms with Crippen molar-refractivity contribution in [2.75, 3.05) is 39.1 Å². The third kappa shape index (κ3) is 3.62. The zero-order valence-electron chi connectivity index (χ0n) is 11.1. The molecule has 1 saturated heterocycles. The first kappa shape index (κ1) is 14.3. The molecule has 0 amide bonds. The topological polar surface area (TPSA) is 38.5 Å². The second-order valence-corrected chi connectivity index (χ2v) is 7.28. The van der Waals surface area contributed by atoms with Crippen molar-refractivity contribution in [1.82, 2.24) is 4.90 Å². The highest BCUT2D eigenvalue weighted by molar-refractivity contribution is 8.00. The molecular weight excluding hydrogens is 220 g/mol. The van der Waals surface area contributed by atoms with Crippen LogP contribution in [0.4, 0.5) is 0 Å². The summed E-state index contributed by atoms with van der Waals surface area (Å²) in [5, 5.41) is 0. The maximum Gasteiger partial charge on any atom is 0.0656 e. The molecule has 0 aliphatic carbocycles. The summed E-state index contributed by atoms with van der Waals surface area (Å²) in [6.45, 7) is 10.5. The third-order valence-corrected chi connectivity index (χ3v) is 4.87. The molecule has 0 radical (unpaired) electrons. The summed E-state index contributed by atoms with van der Waals surface area (Å²) < 4.78 is 5.72. The number of ether oxygens (including phenoxy) is 1. The molecule has 0 aromatic rings. The van der Waals surface area contributed by atoms with Crippen LogP contribution < -0.4 is 5.73 Å². The van der Waals surface area contributed by atoms with Crippen molar-refractivity contribution in [3.63, 3.8) is 0 Å². The molecule has 2 N–H and O–H groups in total. The van der Waals surface area contributed by atoms with E-state index in [1.54, 1.807) is 7.11 Å². The summed E-state index contributed by atoms with van der Waals surface area (Å²) >= 11 is 2.07. The molecule has 3 nitrogen and oxygen atoms in total. The SMILES string of the molecule is COCC(C)(CN)N1CCSC(C)(C)CC1. The van der Waals surface area contributed by atoms with E-state index < -0.39 is 0 Å². The predicted molar refractivity (Wildman–Crippen MR) is 72.1 cm³/mol. The molecule has 0 spiro atoms. The van der Waals surface area contributed by atoms with Crippen molar-refractivity contribution >= 4 is 11.8 Å². The average molecular weight is 246 g/mol. The van der Waals surface area contributed by atoms with Gasteiger partial charge in [-0.2, -0.15) is 11.8 Å². The lowest BCUT2D eigenvalue weighted by atomic mass is 9.99. The Kier molecular flexibility index (Phi) is 5.10. The van der Waals surface area contributed by atoms with E-state index in [1.165, 1.54) is 12.2 Å². The third-order valence-electron chi connectivity index (χ3n) is 3.50. The van der Waals surface area contributed by atoms with Crippen LogP contribution in [0.2, 0.25) is 0 Å². The summed E-state index contributed by atoms with van der Waals surface area (Å²) in [6, 6.07) is 0. The van der Waals surface area contributed by atoms with E-state index in [1.807, 2.05) is 0 Å². The van der Waals surface area contributed by atoms with Crippen molar-refractivity contribution in [2.24, 2.45) is 5.73 Å².